The summed E-state index contributed by atoms with van der Waals surface area (Å²) in [5.41, 5.74) is 2.70. The molecule has 4 aromatic rings. The maximum atomic E-state index is 14.2. The van der Waals surface area contributed by atoms with Gasteiger partial charge in [-0.2, -0.15) is 0 Å². The van der Waals surface area contributed by atoms with Crippen LogP contribution in [0.5, 0.6) is 17.2 Å². The van der Waals surface area contributed by atoms with Gasteiger partial charge in [-0.3, -0.25) is 9.36 Å². The van der Waals surface area contributed by atoms with E-state index in [1.807, 2.05) is 54.6 Å². The highest BCUT2D eigenvalue weighted by molar-refractivity contribution is 14.1. The fourth-order valence-electron chi connectivity index (χ4n) is 4.80. The molecule has 0 amide bonds. The first-order valence-corrected chi connectivity index (χ1v) is 15.3. The number of ether oxygens (including phenoxy) is 4. The van der Waals surface area contributed by atoms with Gasteiger partial charge >= 0.3 is 5.97 Å². The lowest BCUT2D eigenvalue weighted by molar-refractivity contribution is -0.138. The number of hydrogen-bond donors (Lipinski definition) is 0. The van der Waals surface area contributed by atoms with Crippen molar-refractivity contribution in [2.75, 3.05) is 27.4 Å². The van der Waals surface area contributed by atoms with E-state index in [0.717, 1.165) is 20.3 Å². The summed E-state index contributed by atoms with van der Waals surface area (Å²) in [5, 5.41) is 0. The summed E-state index contributed by atoms with van der Waals surface area (Å²) in [6.07, 6.45) is 3.46. The Morgan fingerprint density at radius 2 is 1.84 bits per heavy atom. The number of benzene rings is 3. The quantitative estimate of drug-likeness (QED) is 0.129. The smallest absolute Gasteiger partial charge is 0.338 e. The average Bonchev–Trinajstić information content (AvgIpc) is 3.34. The van der Waals surface area contributed by atoms with Crippen LogP contribution >= 0.6 is 33.9 Å². The number of hydrogen-bond acceptors (Lipinski definition) is 8. The second-order valence-electron chi connectivity index (χ2n) is 9.34. The minimum Gasteiger partial charge on any atom is -0.497 e. The Bertz CT molecular complexity index is 1880. The zero-order valence-corrected chi connectivity index (χ0v) is 26.8. The van der Waals surface area contributed by atoms with Gasteiger partial charge in [0.2, 0.25) is 0 Å². The Labute approximate surface area is 266 Å². The van der Waals surface area contributed by atoms with E-state index in [0.29, 0.717) is 38.9 Å². The lowest BCUT2D eigenvalue weighted by Gasteiger charge is -2.26. The number of carbonyl (C=O) groups is 1. The van der Waals surface area contributed by atoms with Crippen molar-refractivity contribution in [2.45, 2.75) is 13.0 Å². The molecule has 0 unspecified atom stereocenters. The third kappa shape index (κ3) is 6.16. The molecule has 5 rings (SSSR count). The van der Waals surface area contributed by atoms with Gasteiger partial charge in [-0.05, 0) is 71.0 Å². The summed E-state index contributed by atoms with van der Waals surface area (Å²) in [6, 6.07) is 19.7. The molecule has 220 valence electrons. The molecule has 1 aromatic heterocycles. The van der Waals surface area contributed by atoms with Crippen molar-refractivity contribution >= 4 is 51.7 Å². The van der Waals surface area contributed by atoms with Gasteiger partial charge < -0.3 is 18.9 Å². The maximum Gasteiger partial charge on any atom is 0.338 e. The number of thiazole rings is 1. The molecule has 10 heteroatoms. The molecule has 1 aliphatic heterocycles. The van der Waals surface area contributed by atoms with Crippen molar-refractivity contribution in [2.24, 2.45) is 4.99 Å². The normalized spacial score (nSPS) is 14.5. The molecule has 0 aliphatic carbocycles. The topological polar surface area (TPSA) is 88.4 Å². The first-order valence-electron chi connectivity index (χ1n) is 13.4. The molecule has 0 bridgehead atoms. The van der Waals surface area contributed by atoms with Crippen LogP contribution in [0.2, 0.25) is 0 Å². The number of esters is 1. The lowest BCUT2D eigenvalue weighted by atomic mass is 9.93. The molecule has 2 heterocycles. The number of carbonyl (C=O) groups excluding carboxylic acids is 1. The number of nitrogens with zero attached hydrogens (tertiary/aromatic N) is 2. The van der Waals surface area contributed by atoms with Crippen molar-refractivity contribution in [3.05, 3.63) is 125 Å². The zero-order valence-electron chi connectivity index (χ0n) is 23.8. The van der Waals surface area contributed by atoms with E-state index in [1.165, 1.54) is 11.3 Å². The van der Waals surface area contributed by atoms with Crippen LogP contribution in [0.15, 0.2) is 94.7 Å². The summed E-state index contributed by atoms with van der Waals surface area (Å²) >= 11 is 3.44. The predicted octanol–water partition coefficient (Wildman–Crippen LogP) is 5.12. The van der Waals surface area contributed by atoms with Crippen LogP contribution in [0.25, 0.3) is 11.8 Å². The van der Waals surface area contributed by atoms with Crippen molar-refractivity contribution in [3.63, 3.8) is 0 Å². The fraction of sp³-hybridized carbons (Fsp3) is 0.182. The van der Waals surface area contributed by atoms with Gasteiger partial charge in [0, 0.05) is 5.56 Å². The van der Waals surface area contributed by atoms with E-state index >= 15 is 0 Å². The van der Waals surface area contributed by atoms with E-state index in [9.17, 15) is 9.59 Å². The summed E-state index contributed by atoms with van der Waals surface area (Å²) in [4.78, 5) is 33.1. The third-order valence-corrected chi connectivity index (χ3v) is 8.48. The number of fused-ring (bicyclic) bond motifs is 1. The molecule has 1 atom stereocenters. The number of aromatic nitrogens is 1. The largest absolute Gasteiger partial charge is 0.497 e. The van der Waals surface area contributed by atoms with E-state index in [-0.39, 0.29) is 17.7 Å². The van der Waals surface area contributed by atoms with Crippen LogP contribution in [0.1, 0.15) is 29.7 Å². The fourth-order valence-corrected chi connectivity index (χ4v) is 6.58. The van der Waals surface area contributed by atoms with Crippen molar-refractivity contribution in [1.82, 2.24) is 4.57 Å². The highest BCUT2D eigenvalue weighted by Gasteiger charge is 2.35. The van der Waals surface area contributed by atoms with Crippen LogP contribution in [0, 0.1) is 3.57 Å². The van der Waals surface area contributed by atoms with Crippen LogP contribution in [0.4, 0.5) is 0 Å². The molecular formula is C33H29IN2O6S. The van der Waals surface area contributed by atoms with Gasteiger partial charge in [-0.1, -0.05) is 66.5 Å². The third-order valence-electron chi connectivity index (χ3n) is 6.70. The molecule has 0 fully saturated rings. The Kier molecular flexibility index (Phi) is 9.46. The lowest BCUT2D eigenvalue weighted by Crippen LogP contribution is -2.40. The van der Waals surface area contributed by atoms with Gasteiger partial charge in [0.05, 0.1) is 46.2 Å². The van der Waals surface area contributed by atoms with Gasteiger partial charge in [0.25, 0.3) is 5.56 Å². The first kappa shape index (κ1) is 30.3. The van der Waals surface area contributed by atoms with Crippen LogP contribution in [-0.4, -0.2) is 38.0 Å². The molecule has 43 heavy (non-hydrogen) atoms. The molecule has 0 radical (unpaired) electrons. The summed E-state index contributed by atoms with van der Waals surface area (Å²) in [6.45, 7) is 5.97. The zero-order chi connectivity index (χ0) is 30.5. The highest BCUT2D eigenvalue weighted by atomic mass is 127. The first-order chi connectivity index (χ1) is 20.9. The molecule has 0 saturated heterocycles. The van der Waals surface area contributed by atoms with E-state index in [2.05, 4.69) is 29.2 Å². The van der Waals surface area contributed by atoms with E-state index in [1.54, 1.807) is 50.0 Å². The summed E-state index contributed by atoms with van der Waals surface area (Å²) in [7, 11) is 3.16. The van der Waals surface area contributed by atoms with Crippen molar-refractivity contribution in [3.8, 4) is 17.2 Å². The SMILES string of the molecule is C=CCOc1c(I)cc(/C=c2\sc3n(c2=O)[C@@H](c2ccc(OC)cc2)C(C(=O)OCC)=C(c2ccccc2)N=3)cc1OC. The van der Waals surface area contributed by atoms with Crippen LogP contribution in [-0.2, 0) is 9.53 Å². The maximum absolute atomic E-state index is 14.2. The van der Waals surface area contributed by atoms with Crippen LogP contribution in [0.3, 0.4) is 0 Å². The summed E-state index contributed by atoms with van der Waals surface area (Å²) < 4.78 is 25.1. The van der Waals surface area contributed by atoms with Crippen molar-refractivity contribution < 1.29 is 23.7 Å². The Hall–Kier alpha value is -4.16. The monoisotopic (exact) mass is 708 g/mol. The standard InChI is InChI=1S/C33H29IN2O6S/c1-5-16-42-30-24(34)17-20(18-25(30)40-4)19-26-31(37)36-29(22-12-14-23(39-3)15-13-22)27(32(38)41-6-2)28(35-33(36)43-26)21-10-8-7-9-11-21/h5,7-15,17-19,29H,1,6,16H2,2-4H3/b26-19-/t29-/m0/s1. The van der Waals surface area contributed by atoms with E-state index < -0.39 is 12.0 Å². The van der Waals surface area contributed by atoms with Crippen molar-refractivity contribution in [1.29, 1.82) is 0 Å². The molecule has 0 N–H and O–H groups in total. The molecule has 8 nitrogen and oxygen atoms in total. The van der Waals surface area contributed by atoms with Gasteiger partial charge in [0.1, 0.15) is 12.4 Å². The van der Waals surface area contributed by atoms with Gasteiger partial charge in [0.15, 0.2) is 16.3 Å². The van der Waals surface area contributed by atoms with Crippen LogP contribution < -0.4 is 29.1 Å². The van der Waals surface area contributed by atoms with E-state index in [4.69, 9.17) is 23.9 Å². The van der Waals surface area contributed by atoms with Gasteiger partial charge in [-0.25, -0.2) is 9.79 Å². The minimum atomic E-state index is -0.775. The number of rotatable bonds is 10. The van der Waals surface area contributed by atoms with Gasteiger partial charge in [-0.15, -0.1) is 0 Å². The highest BCUT2D eigenvalue weighted by Crippen LogP contribution is 2.36. The Morgan fingerprint density at radius 3 is 2.49 bits per heavy atom. The second kappa shape index (κ2) is 13.4. The molecular weight excluding hydrogens is 679 g/mol. The minimum absolute atomic E-state index is 0.178. The molecule has 0 saturated carbocycles. The predicted molar refractivity (Wildman–Crippen MR) is 175 cm³/mol. The molecule has 3 aromatic carbocycles. The number of halogens is 1. The second-order valence-corrected chi connectivity index (χ2v) is 11.5. The Balaban J connectivity index is 1.76. The number of methoxy groups -OCH3 is 2. The average molecular weight is 709 g/mol. The molecule has 0 spiro atoms. The summed E-state index contributed by atoms with van der Waals surface area (Å²) in [5.74, 6) is 1.27. The molecule has 1 aliphatic rings. The Morgan fingerprint density at radius 1 is 1.09 bits per heavy atom.